The van der Waals surface area contributed by atoms with Gasteiger partial charge in [0.25, 0.3) is 5.91 Å². The van der Waals surface area contributed by atoms with E-state index in [1.165, 1.54) is 14.2 Å². The zero-order chi connectivity index (χ0) is 16.1. The Morgan fingerprint density at radius 3 is 2.73 bits per heavy atom. The fourth-order valence-electron chi connectivity index (χ4n) is 2.00. The number of aryl methyl sites for hydroxylation is 2. The number of hydrogen-bond donors (Lipinski definition) is 1. The van der Waals surface area contributed by atoms with Crippen molar-refractivity contribution < 1.29 is 14.4 Å². The highest BCUT2D eigenvalue weighted by Crippen LogP contribution is 2.27. The van der Waals surface area contributed by atoms with E-state index in [1.807, 2.05) is 19.1 Å². The molecule has 0 aliphatic rings. The second-order valence-corrected chi connectivity index (χ2v) is 4.58. The van der Waals surface area contributed by atoms with Crippen LogP contribution in [0.3, 0.4) is 0 Å². The quantitative estimate of drug-likeness (QED) is 0.672. The molecule has 0 spiro atoms. The van der Waals surface area contributed by atoms with Gasteiger partial charge in [-0.3, -0.25) is 9.48 Å². The van der Waals surface area contributed by atoms with Crippen molar-refractivity contribution in [2.45, 2.75) is 6.92 Å². The van der Waals surface area contributed by atoms with Crippen LogP contribution in [0.25, 0.3) is 0 Å². The zero-order valence-electron chi connectivity index (χ0n) is 13.0. The fraction of sp³-hybridized carbons (Fsp3) is 0.267. The SMILES string of the molecule is CNC(=O)/C(=N/OC)c1c(C)cccc1Oc1ccn(C)n1. The summed E-state index contributed by atoms with van der Waals surface area (Å²) in [6.45, 7) is 1.87. The van der Waals surface area contributed by atoms with Gasteiger partial charge < -0.3 is 14.9 Å². The highest BCUT2D eigenvalue weighted by molar-refractivity contribution is 6.46. The van der Waals surface area contributed by atoms with Crippen LogP contribution in [-0.2, 0) is 16.7 Å². The second-order valence-electron chi connectivity index (χ2n) is 4.58. The number of aromatic nitrogens is 2. The summed E-state index contributed by atoms with van der Waals surface area (Å²) in [4.78, 5) is 16.9. The first-order valence-corrected chi connectivity index (χ1v) is 6.67. The van der Waals surface area contributed by atoms with Gasteiger partial charge in [0, 0.05) is 26.4 Å². The van der Waals surface area contributed by atoms with Gasteiger partial charge in [-0.05, 0) is 18.6 Å². The molecule has 0 fully saturated rings. The van der Waals surface area contributed by atoms with Gasteiger partial charge in [-0.15, -0.1) is 5.10 Å². The molecule has 1 aromatic carbocycles. The van der Waals surface area contributed by atoms with Gasteiger partial charge in [-0.1, -0.05) is 17.3 Å². The first-order valence-electron chi connectivity index (χ1n) is 6.67. The van der Waals surface area contributed by atoms with E-state index in [0.717, 1.165) is 5.56 Å². The van der Waals surface area contributed by atoms with Gasteiger partial charge >= 0.3 is 0 Å². The number of rotatable bonds is 5. The number of carbonyl (C=O) groups excluding carboxylic acids is 1. The van der Waals surface area contributed by atoms with Crippen LogP contribution in [-0.4, -0.2) is 35.6 Å². The Bertz CT molecular complexity index is 707. The van der Waals surface area contributed by atoms with Crippen LogP contribution >= 0.6 is 0 Å². The van der Waals surface area contributed by atoms with Gasteiger partial charge in [0.2, 0.25) is 5.88 Å². The number of nitrogens with zero attached hydrogens (tertiary/aromatic N) is 3. The van der Waals surface area contributed by atoms with E-state index < -0.39 is 0 Å². The first-order chi connectivity index (χ1) is 10.6. The Labute approximate surface area is 128 Å². The molecule has 1 aromatic heterocycles. The molecule has 0 radical (unpaired) electrons. The van der Waals surface area contributed by atoms with Crippen LogP contribution < -0.4 is 10.1 Å². The lowest BCUT2D eigenvalue weighted by Gasteiger charge is -2.13. The van der Waals surface area contributed by atoms with Gasteiger partial charge in [0.15, 0.2) is 5.71 Å². The molecule has 0 aliphatic heterocycles. The summed E-state index contributed by atoms with van der Waals surface area (Å²) in [5, 5.41) is 10.5. The Balaban J connectivity index is 2.49. The molecule has 7 nitrogen and oxygen atoms in total. The van der Waals surface area contributed by atoms with E-state index in [0.29, 0.717) is 17.2 Å². The number of amides is 1. The number of benzene rings is 1. The summed E-state index contributed by atoms with van der Waals surface area (Å²) in [6.07, 6.45) is 1.77. The molecule has 22 heavy (non-hydrogen) atoms. The molecule has 1 amide bonds. The molecule has 0 atom stereocenters. The Morgan fingerprint density at radius 1 is 1.36 bits per heavy atom. The highest BCUT2D eigenvalue weighted by atomic mass is 16.6. The van der Waals surface area contributed by atoms with Crippen LogP contribution in [0.15, 0.2) is 35.6 Å². The summed E-state index contributed by atoms with van der Waals surface area (Å²) < 4.78 is 7.42. The highest BCUT2D eigenvalue weighted by Gasteiger charge is 2.21. The van der Waals surface area contributed by atoms with Crippen molar-refractivity contribution in [3.05, 3.63) is 41.6 Å². The minimum absolute atomic E-state index is 0.147. The molecular formula is C15H18N4O3. The zero-order valence-corrected chi connectivity index (χ0v) is 13.0. The van der Waals surface area contributed by atoms with Crippen molar-refractivity contribution >= 4 is 11.6 Å². The van der Waals surface area contributed by atoms with Gasteiger partial charge in [0.1, 0.15) is 12.9 Å². The third-order valence-electron chi connectivity index (χ3n) is 3.00. The average molecular weight is 302 g/mol. The van der Waals surface area contributed by atoms with Crippen molar-refractivity contribution in [2.75, 3.05) is 14.2 Å². The third-order valence-corrected chi connectivity index (χ3v) is 3.00. The molecule has 0 saturated heterocycles. The van der Waals surface area contributed by atoms with E-state index in [2.05, 4.69) is 15.6 Å². The van der Waals surface area contributed by atoms with Crippen LogP contribution in [0.5, 0.6) is 11.6 Å². The molecule has 2 aromatic rings. The van der Waals surface area contributed by atoms with E-state index in [9.17, 15) is 4.79 Å². The number of ether oxygens (including phenoxy) is 1. The molecule has 0 saturated carbocycles. The van der Waals surface area contributed by atoms with Gasteiger partial charge in [0.05, 0.1) is 5.56 Å². The number of carbonyl (C=O) groups is 1. The summed E-state index contributed by atoms with van der Waals surface area (Å²) in [5.74, 6) is 0.558. The van der Waals surface area contributed by atoms with E-state index in [4.69, 9.17) is 9.57 Å². The standard InChI is InChI=1S/C15H18N4O3/c1-10-6-5-7-11(22-12-8-9-19(3)17-12)13(10)14(18-21-4)15(20)16-2/h5-9H,1-4H3,(H,16,20)/b18-14+. The van der Waals surface area contributed by atoms with Crippen molar-refractivity contribution in [1.29, 1.82) is 0 Å². The Hall–Kier alpha value is -2.83. The maximum Gasteiger partial charge on any atom is 0.273 e. The van der Waals surface area contributed by atoms with E-state index in [1.54, 1.807) is 30.1 Å². The lowest BCUT2D eigenvalue weighted by atomic mass is 10.0. The maximum atomic E-state index is 12.1. The number of oxime groups is 1. The smallest absolute Gasteiger partial charge is 0.273 e. The van der Waals surface area contributed by atoms with Crippen LogP contribution in [0.1, 0.15) is 11.1 Å². The fourth-order valence-corrected chi connectivity index (χ4v) is 2.00. The first kappa shape index (κ1) is 15.6. The minimum atomic E-state index is -0.359. The maximum absolute atomic E-state index is 12.1. The largest absolute Gasteiger partial charge is 0.437 e. The second kappa shape index (κ2) is 6.75. The normalized spacial score (nSPS) is 11.2. The lowest BCUT2D eigenvalue weighted by Crippen LogP contribution is -2.29. The number of nitrogens with one attached hydrogen (secondary N) is 1. The summed E-state index contributed by atoms with van der Waals surface area (Å²) >= 11 is 0. The lowest BCUT2D eigenvalue weighted by molar-refractivity contribution is -0.114. The molecule has 1 N–H and O–H groups in total. The number of likely N-dealkylation sites (N-methyl/N-ethyl adjacent to an activating group) is 1. The van der Waals surface area contributed by atoms with E-state index >= 15 is 0 Å². The molecule has 1 heterocycles. The minimum Gasteiger partial charge on any atom is -0.437 e. The van der Waals surface area contributed by atoms with Gasteiger partial charge in [-0.25, -0.2) is 0 Å². The van der Waals surface area contributed by atoms with Crippen molar-refractivity contribution in [3.8, 4) is 11.6 Å². The molecule has 0 unspecified atom stereocenters. The predicted octanol–water partition coefficient (Wildman–Crippen LogP) is 1.62. The Kier molecular flexibility index (Phi) is 4.77. The monoisotopic (exact) mass is 302 g/mol. The molecule has 7 heteroatoms. The topological polar surface area (TPSA) is 77.7 Å². The molecule has 0 aliphatic carbocycles. The molecule has 116 valence electrons. The van der Waals surface area contributed by atoms with E-state index in [-0.39, 0.29) is 11.6 Å². The molecule has 2 rings (SSSR count). The van der Waals surface area contributed by atoms with Gasteiger partial charge in [-0.2, -0.15) is 0 Å². The Morgan fingerprint density at radius 2 is 2.14 bits per heavy atom. The summed E-state index contributed by atoms with van der Waals surface area (Å²) in [6, 6.07) is 7.20. The van der Waals surface area contributed by atoms with Crippen LogP contribution in [0, 0.1) is 6.92 Å². The van der Waals surface area contributed by atoms with Crippen LogP contribution in [0.4, 0.5) is 0 Å². The molecule has 0 bridgehead atoms. The summed E-state index contributed by atoms with van der Waals surface area (Å²) in [7, 11) is 4.72. The van der Waals surface area contributed by atoms with Crippen molar-refractivity contribution in [3.63, 3.8) is 0 Å². The molecular weight excluding hydrogens is 284 g/mol. The summed E-state index contributed by atoms with van der Waals surface area (Å²) in [5.41, 5.74) is 1.55. The number of hydrogen-bond acceptors (Lipinski definition) is 5. The van der Waals surface area contributed by atoms with Crippen LogP contribution in [0.2, 0.25) is 0 Å². The third kappa shape index (κ3) is 3.25. The van der Waals surface area contributed by atoms with Crippen molar-refractivity contribution in [1.82, 2.24) is 15.1 Å². The van der Waals surface area contributed by atoms with Crippen molar-refractivity contribution in [2.24, 2.45) is 12.2 Å². The average Bonchev–Trinajstić information content (AvgIpc) is 2.90. The predicted molar refractivity (Wildman–Crippen MR) is 82.1 cm³/mol.